The molecule has 1 amide bonds. The Balaban J connectivity index is 1.67. The average molecular weight is 419 g/mol. The number of hydrogen-bond donors (Lipinski definition) is 0. The van der Waals surface area contributed by atoms with E-state index in [1.807, 2.05) is 42.4 Å². The summed E-state index contributed by atoms with van der Waals surface area (Å²) in [6, 6.07) is 8.20. The summed E-state index contributed by atoms with van der Waals surface area (Å²) in [6.07, 6.45) is 7.44. The minimum Gasteiger partial charge on any atom is -0.347 e. The molecule has 0 aliphatic carbocycles. The second-order valence-electron chi connectivity index (χ2n) is 8.49. The molecule has 1 atom stereocenters. The fourth-order valence-electron chi connectivity index (χ4n) is 4.22. The first-order chi connectivity index (χ1) is 14.9. The van der Waals surface area contributed by atoms with Crippen LogP contribution in [0.4, 0.5) is 5.95 Å². The molecule has 1 saturated heterocycles. The molecule has 1 unspecified atom stereocenters. The summed E-state index contributed by atoms with van der Waals surface area (Å²) in [5.74, 6) is 0.972. The summed E-state index contributed by atoms with van der Waals surface area (Å²) in [5, 5.41) is 4.17. The molecule has 1 fully saturated rings. The van der Waals surface area contributed by atoms with Crippen molar-refractivity contribution in [3.05, 3.63) is 59.7 Å². The van der Waals surface area contributed by atoms with Crippen LogP contribution in [0.3, 0.4) is 0 Å². The van der Waals surface area contributed by atoms with Crippen LogP contribution in [0.1, 0.15) is 35.6 Å². The van der Waals surface area contributed by atoms with E-state index in [1.165, 1.54) is 16.7 Å². The molecule has 0 radical (unpaired) electrons. The Morgan fingerprint density at radius 3 is 2.77 bits per heavy atom. The first-order valence-electron chi connectivity index (χ1n) is 10.8. The standard InChI is InChI=1S/C24H30N6O/c1-17-8-5-10-20(18(17)2)21-14-25-24(28(3)4)27-23(21)19-9-6-12-29(15-19)22(31)16-30-13-7-11-26-30/h5,7-8,10-11,13-14,19H,6,9,12,15-16H2,1-4H3. The monoisotopic (exact) mass is 418 g/mol. The van der Waals surface area contributed by atoms with Gasteiger partial charge in [-0.2, -0.15) is 5.10 Å². The maximum Gasteiger partial charge on any atom is 0.244 e. The number of aromatic nitrogens is 4. The van der Waals surface area contributed by atoms with Crippen LogP contribution < -0.4 is 4.90 Å². The highest BCUT2D eigenvalue weighted by Gasteiger charge is 2.29. The Kier molecular flexibility index (Phi) is 6.02. The SMILES string of the molecule is Cc1cccc(-c2cnc(N(C)C)nc2C2CCCN(C(=O)Cn3cccn3)C2)c1C. The van der Waals surface area contributed by atoms with E-state index >= 15 is 0 Å². The van der Waals surface area contributed by atoms with Gasteiger partial charge in [-0.3, -0.25) is 9.48 Å². The van der Waals surface area contributed by atoms with Crippen LogP contribution >= 0.6 is 0 Å². The average Bonchev–Trinajstić information content (AvgIpc) is 3.28. The maximum absolute atomic E-state index is 12.9. The number of rotatable bonds is 5. The lowest BCUT2D eigenvalue weighted by molar-refractivity contribution is -0.133. The number of anilines is 1. The van der Waals surface area contributed by atoms with Gasteiger partial charge in [0.2, 0.25) is 11.9 Å². The van der Waals surface area contributed by atoms with Gasteiger partial charge in [0.1, 0.15) is 6.54 Å². The van der Waals surface area contributed by atoms with Gasteiger partial charge in [-0.1, -0.05) is 18.2 Å². The largest absolute Gasteiger partial charge is 0.347 e. The number of benzene rings is 1. The van der Waals surface area contributed by atoms with E-state index in [2.05, 4.69) is 42.1 Å². The minimum atomic E-state index is 0.101. The van der Waals surface area contributed by atoms with Gasteiger partial charge in [0.25, 0.3) is 0 Å². The van der Waals surface area contributed by atoms with Gasteiger partial charge in [-0.15, -0.1) is 0 Å². The van der Waals surface area contributed by atoms with Gasteiger partial charge in [0, 0.05) is 57.3 Å². The molecule has 1 aliphatic heterocycles. The summed E-state index contributed by atoms with van der Waals surface area (Å²) in [5.41, 5.74) is 5.76. The zero-order valence-corrected chi connectivity index (χ0v) is 18.7. The summed E-state index contributed by atoms with van der Waals surface area (Å²) in [4.78, 5) is 26.4. The first-order valence-corrected chi connectivity index (χ1v) is 10.8. The summed E-state index contributed by atoms with van der Waals surface area (Å²) in [6.45, 7) is 6.00. The third-order valence-electron chi connectivity index (χ3n) is 6.12. The van der Waals surface area contributed by atoms with E-state index in [0.717, 1.165) is 30.6 Å². The second-order valence-corrected chi connectivity index (χ2v) is 8.49. The predicted molar refractivity (Wildman–Crippen MR) is 122 cm³/mol. The molecule has 0 N–H and O–H groups in total. The molecule has 31 heavy (non-hydrogen) atoms. The van der Waals surface area contributed by atoms with E-state index in [-0.39, 0.29) is 18.4 Å². The number of carbonyl (C=O) groups excluding carboxylic acids is 1. The van der Waals surface area contributed by atoms with Crippen molar-refractivity contribution in [2.75, 3.05) is 32.1 Å². The molecule has 3 aromatic rings. The van der Waals surface area contributed by atoms with Crippen LogP contribution in [0.25, 0.3) is 11.1 Å². The first kappa shape index (κ1) is 21.0. The molecule has 7 nitrogen and oxygen atoms in total. The van der Waals surface area contributed by atoms with Gasteiger partial charge < -0.3 is 9.80 Å². The third-order valence-corrected chi connectivity index (χ3v) is 6.12. The van der Waals surface area contributed by atoms with E-state index in [4.69, 9.17) is 4.98 Å². The topological polar surface area (TPSA) is 67.2 Å². The molecule has 1 aromatic carbocycles. The second kappa shape index (κ2) is 8.88. The summed E-state index contributed by atoms with van der Waals surface area (Å²) < 4.78 is 1.68. The van der Waals surface area contributed by atoms with E-state index < -0.39 is 0 Å². The summed E-state index contributed by atoms with van der Waals surface area (Å²) >= 11 is 0. The number of carbonyl (C=O) groups is 1. The van der Waals surface area contributed by atoms with Crippen molar-refractivity contribution in [3.8, 4) is 11.1 Å². The number of piperidine rings is 1. The number of aryl methyl sites for hydroxylation is 1. The van der Waals surface area contributed by atoms with Crippen molar-refractivity contribution in [2.24, 2.45) is 0 Å². The molecule has 0 saturated carbocycles. The summed E-state index contributed by atoms with van der Waals surface area (Å²) in [7, 11) is 3.91. The predicted octanol–water partition coefficient (Wildman–Crippen LogP) is 3.43. The van der Waals surface area contributed by atoms with Crippen molar-refractivity contribution >= 4 is 11.9 Å². The lowest BCUT2D eigenvalue weighted by Crippen LogP contribution is -2.41. The molecule has 2 aromatic heterocycles. The molecule has 0 spiro atoms. The highest BCUT2D eigenvalue weighted by Crippen LogP contribution is 2.35. The van der Waals surface area contributed by atoms with Crippen LogP contribution in [0.15, 0.2) is 42.9 Å². The van der Waals surface area contributed by atoms with Crippen molar-refractivity contribution in [2.45, 2.75) is 39.2 Å². The molecule has 7 heteroatoms. The van der Waals surface area contributed by atoms with Crippen LogP contribution in [-0.2, 0) is 11.3 Å². The van der Waals surface area contributed by atoms with Crippen molar-refractivity contribution < 1.29 is 4.79 Å². The Morgan fingerprint density at radius 2 is 2.03 bits per heavy atom. The number of amides is 1. The van der Waals surface area contributed by atoms with E-state index in [0.29, 0.717) is 12.5 Å². The zero-order chi connectivity index (χ0) is 22.0. The van der Waals surface area contributed by atoms with Crippen LogP contribution in [0.5, 0.6) is 0 Å². The number of likely N-dealkylation sites (tertiary alicyclic amines) is 1. The van der Waals surface area contributed by atoms with E-state index in [1.54, 1.807) is 10.9 Å². The molecule has 1 aliphatic rings. The van der Waals surface area contributed by atoms with Gasteiger partial charge in [0.15, 0.2) is 0 Å². The lowest BCUT2D eigenvalue weighted by atomic mass is 9.88. The quantitative estimate of drug-likeness (QED) is 0.635. The molecular weight excluding hydrogens is 388 g/mol. The van der Waals surface area contributed by atoms with Crippen molar-refractivity contribution in [3.63, 3.8) is 0 Å². The molecule has 0 bridgehead atoms. The highest BCUT2D eigenvalue weighted by molar-refractivity contribution is 5.76. The maximum atomic E-state index is 12.9. The van der Waals surface area contributed by atoms with Crippen molar-refractivity contribution in [1.29, 1.82) is 0 Å². The molecule has 4 rings (SSSR count). The van der Waals surface area contributed by atoms with Crippen LogP contribution in [0.2, 0.25) is 0 Å². The minimum absolute atomic E-state index is 0.101. The Bertz CT molecular complexity index is 1060. The Morgan fingerprint density at radius 1 is 1.19 bits per heavy atom. The smallest absolute Gasteiger partial charge is 0.244 e. The highest BCUT2D eigenvalue weighted by atomic mass is 16.2. The van der Waals surface area contributed by atoms with Crippen molar-refractivity contribution in [1.82, 2.24) is 24.6 Å². The van der Waals surface area contributed by atoms with Gasteiger partial charge in [-0.05, 0) is 49.4 Å². The van der Waals surface area contributed by atoms with E-state index in [9.17, 15) is 4.79 Å². The third kappa shape index (κ3) is 4.45. The fourth-order valence-corrected chi connectivity index (χ4v) is 4.22. The fraction of sp³-hybridized carbons (Fsp3) is 0.417. The van der Waals surface area contributed by atoms with Gasteiger partial charge >= 0.3 is 0 Å². The normalized spacial score (nSPS) is 16.4. The zero-order valence-electron chi connectivity index (χ0n) is 18.7. The van der Waals surface area contributed by atoms with Crippen LogP contribution in [-0.4, -0.2) is 57.7 Å². The van der Waals surface area contributed by atoms with Crippen LogP contribution in [0, 0.1) is 13.8 Å². The Labute approximate surface area is 183 Å². The molecular formula is C24H30N6O. The molecule has 3 heterocycles. The van der Waals surface area contributed by atoms with Gasteiger partial charge in [-0.25, -0.2) is 9.97 Å². The van der Waals surface area contributed by atoms with Gasteiger partial charge in [0.05, 0.1) is 5.69 Å². The number of nitrogens with zero attached hydrogens (tertiary/aromatic N) is 6. The Hall–Kier alpha value is -3.22. The number of hydrogen-bond acceptors (Lipinski definition) is 5. The lowest BCUT2D eigenvalue weighted by Gasteiger charge is -2.33. The molecule has 162 valence electrons.